The summed E-state index contributed by atoms with van der Waals surface area (Å²) in [5, 5.41) is 0.737. The molecule has 148 valence electrons. The molecule has 2 aromatic rings. The van der Waals surface area contributed by atoms with Crippen LogP contribution in [-0.4, -0.2) is 71.8 Å². The number of amides is 2. The van der Waals surface area contributed by atoms with Gasteiger partial charge in [0.25, 0.3) is 11.8 Å². The van der Waals surface area contributed by atoms with Crippen LogP contribution in [0.25, 0.3) is 0 Å². The summed E-state index contributed by atoms with van der Waals surface area (Å²) in [6.45, 7) is 5.60. The molecule has 0 N–H and O–H groups in total. The summed E-state index contributed by atoms with van der Waals surface area (Å²) in [5.74, 6) is -0.196. The maximum absolute atomic E-state index is 12.9. The van der Waals surface area contributed by atoms with Crippen molar-refractivity contribution < 1.29 is 9.59 Å². The second-order valence-corrected chi connectivity index (χ2v) is 7.66. The monoisotopic (exact) mass is 400 g/mol. The third kappa shape index (κ3) is 4.69. The second-order valence-electron chi connectivity index (χ2n) is 7.22. The lowest BCUT2D eigenvalue weighted by molar-refractivity contribution is 0.0626. The molecule has 1 fully saturated rings. The van der Waals surface area contributed by atoms with Crippen LogP contribution in [-0.2, 0) is 6.54 Å². The largest absolute Gasteiger partial charge is 0.343 e. The molecule has 3 rings (SSSR count). The van der Waals surface area contributed by atoms with E-state index in [4.69, 9.17) is 11.6 Å². The summed E-state index contributed by atoms with van der Waals surface area (Å²) in [6.07, 6.45) is 0. The molecule has 1 saturated heterocycles. The van der Waals surface area contributed by atoms with Crippen molar-refractivity contribution in [3.63, 3.8) is 0 Å². The van der Waals surface area contributed by atoms with Gasteiger partial charge in [-0.2, -0.15) is 0 Å². The van der Waals surface area contributed by atoms with E-state index in [0.717, 1.165) is 24.7 Å². The van der Waals surface area contributed by atoms with Crippen molar-refractivity contribution in [3.05, 3.63) is 63.9 Å². The number of pyridine rings is 1. The Balaban J connectivity index is 1.60. The van der Waals surface area contributed by atoms with Gasteiger partial charge in [0.15, 0.2) is 0 Å². The van der Waals surface area contributed by atoms with Crippen LogP contribution in [0.2, 0.25) is 5.02 Å². The van der Waals surface area contributed by atoms with Crippen molar-refractivity contribution in [1.29, 1.82) is 0 Å². The lowest BCUT2D eigenvalue weighted by Gasteiger charge is -2.35. The molecule has 7 heteroatoms. The highest BCUT2D eigenvalue weighted by atomic mass is 35.5. The molecule has 0 spiro atoms. The molecule has 0 saturated carbocycles. The van der Waals surface area contributed by atoms with Gasteiger partial charge in [-0.1, -0.05) is 23.7 Å². The third-order valence-electron chi connectivity index (χ3n) is 4.92. The molecule has 0 unspecified atom stereocenters. The smallest absolute Gasteiger partial charge is 0.271 e. The van der Waals surface area contributed by atoms with Crippen molar-refractivity contribution in [1.82, 2.24) is 19.7 Å². The van der Waals surface area contributed by atoms with E-state index < -0.39 is 0 Å². The molecular weight excluding hydrogens is 376 g/mol. The summed E-state index contributed by atoms with van der Waals surface area (Å²) in [5.41, 5.74) is 2.71. The molecule has 0 bridgehead atoms. The fourth-order valence-electron chi connectivity index (χ4n) is 3.26. The molecule has 28 heavy (non-hydrogen) atoms. The van der Waals surface area contributed by atoms with Gasteiger partial charge >= 0.3 is 0 Å². The van der Waals surface area contributed by atoms with Crippen LogP contribution in [0, 0.1) is 6.92 Å². The van der Waals surface area contributed by atoms with Crippen LogP contribution in [0.3, 0.4) is 0 Å². The Morgan fingerprint density at radius 1 is 1.04 bits per heavy atom. The second kappa shape index (κ2) is 8.71. The first kappa shape index (κ1) is 20.3. The molecule has 0 radical (unpaired) electrons. The van der Waals surface area contributed by atoms with E-state index >= 15 is 0 Å². The standard InChI is InChI=1S/C21H25ClN4O2/c1-15-18(8-9-19(23-15)21(28)24(2)3)20(27)26-12-10-25(11-13-26)14-16-4-6-17(22)7-5-16/h4-9H,10-14H2,1-3H3. The molecule has 1 aliphatic rings. The topological polar surface area (TPSA) is 56.8 Å². The summed E-state index contributed by atoms with van der Waals surface area (Å²) in [6, 6.07) is 11.2. The van der Waals surface area contributed by atoms with Gasteiger partial charge in [-0.3, -0.25) is 14.5 Å². The molecule has 1 aromatic heterocycles. The van der Waals surface area contributed by atoms with E-state index in [9.17, 15) is 9.59 Å². The fraction of sp³-hybridized carbons (Fsp3) is 0.381. The van der Waals surface area contributed by atoms with Crippen molar-refractivity contribution in [3.8, 4) is 0 Å². The number of carbonyl (C=O) groups excluding carboxylic acids is 2. The minimum absolute atomic E-state index is 0.0278. The molecule has 0 atom stereocenters. The lowest BCUT2D eigenvalue weighted by Crippen LogP contribution is -2.48. The number of nitrogens with zero attached hydrogens (tertiary/aromatic N) is 4. The predicted molar refractivity (Wildman–Crippen MR) is 110 cm³/mol. The van der Waals surface area contributed by atoms with E-state index in [-0.39, 0.29) is 11.8 Å². The number of benzene rings is 1. The Kier molecular flexibility index (Phi) is 6.31. The zero-order chi connectivity index (χ0) is 20.3. The van der Waals surface area contributed by atoms with E-state index in [1.807, 2.05) is 29.2 Å². The summed E-state index contributed by atoms with van der Waals surface area (Å²) >= 11 is 5.94. The average molecular weight is 401 g/mol. The third-order valence-corrected chi connectivity index (χ3v) is 5.17. The van der Waals surface area contributed by atoms with E-state index in [0.29, 0.717) is 30.0 Å². The first-order valence-corrected chi connectivity index (χ1v) is 9.68. The number of carbonyl (C=O) groups is 2. The maximum Gasteiger partial charge on any atom is 0.271 e. The van der Waals surface area contributed by atoms with Gasteiger partial charge in [-0.25, -0.2) is 4.98 Å². The molecule has 1 aromatic carbocycles. The molecule has 0 aliphatic carbocycles. The number of hydrogen-bond donors (Lipinski definition) is 0. The first-order valence-electron chi connectivity index (χ1n) is 9.30. The summed E-state index contributed by atoms with van der Waals surface area (Å²) in [4.78, 5) is 34.9. The van der Waals surface area contributed by atoms with Gasteiger partial charge in [0, 0.05) is 51.8 Å². The van der Waals surface area contributed by atoms with E-state index in [1.54, 1.807) is 33.2 Å². The highest BCUT2D eigenvalue weighted by molar-refractivity contribution is 6.30. The van der Waals surface area contributed by atoms with Gasteiger partial charge in [0.05, 0.1) is 11.3 Å². The van der Waals surface area contributed by atoms with Crippen molar-refractivity contribution >= 4 is 23.4 Å². The van der Waals surface area contributed by atoms with Crippen molar-refractivity contribution in [2.75, 3.05) is 40.3 Å². The molecular formula is C21H25ClN4O2. The SMILES string of the molecule is Cc1nc(C(=O)N(C)C)ccc1C(=O)N1CCN(Cc2ccc(Cl)cc2)CC1. The minimum Gasteiger partial charge on any atom is -0.343 e. The van der Waals surface area contributed by atoms with Gasteiger partial charge in [0.1, 0.15) is 5.69 Å². The van der Waals surface area contributed by atoms with Crippen LogP contribution < -0.4 is 0 Å². The van der Waals surface area contributed by atoms with Crippen molar-refractivity contribution in [2.24, 2.45) is 0 Å². The van der Waals surface area contributed by atoms with Gasteiger partial charge in [-0.15, -0.1) is 0 Å². The Hall–Kier alpha value is -2.44. The van der Waals surface area contributed by atoms with Gasteiger partial charge in [0.2, 0.25) is 0 Å². The predicted octanol–water partition coefficient (Wildman–Crippen LogP) is 2.70. The number of aromatic nitrogens is 1. The maximum atomic E-state index is 12.9. The number of rotatable bonds is 4. The normalized spacial score (nSPS) is 14.8. The summed E-state index contributed by atoms with van der Waals surface area (Å²) < 4.78 is 0. The zero-order valence-electron chi connectivity index (χ0n) is 16.5. The number of piperazine rings is 1. The van der Waals surface area contributed by atoms with E-state index in [2.05, 4.69) is 9.88 Å². The Morgan fingerprint density at radius 2 is 1.68 bits per heavy atom. The van der Waals surface area contributed by atoms with Crippen LogP contribution in [0.5, 0.6) is 0 Å². The van der Waals surface area contributed by atoms with Crippen LogP contribution in [0.1, 0.15) is 32.1 Å². The van der Waals surface area contributed by atoms with Crippen LogP contribution in [0.4, 0.5) is 0 Å². The Labute approximate surface area is 170 Å². The molecule has 2 amide bonds. The van der Waals surface area contributed by atoms with Crippen molar-refractivity contribution in [2.45, 2.75) is 13.5 Å². The molecule has 2 heterocycles. The summed E-state index contributed by atoms with van der Waals surface area (Å²) in [7, 11) is 3.36. The highest BCUT2D eigenvalue weighted by Crippen LogP contribution is 2.16. The number of aryl methyl sites for hydroxylation is 1. The molecule has 6 nitrogen and oxygen atoms in total. The fourth-order valence-corrected chi connectivity index (χ4v) is 3.39. The first-order chi connectivity index (χ1) is 13.3. The Morgan fingerprint density at radius 3 is 2.25 bits per heavy atom. The van der Waals surface area contributed by atoms with Crippen LogP contribution >= 0.6 is 11.6 Å². The van der Waals surface area contributed by atoms with Gasteiger partial charge < -0.3 is 9.80 Å². The van der Waals surface area contributed by atoms with Crippen LogP contribution in [0.15, 0.2) is 36.4 Å². The zero-order valence-corrected chi connectivity index (χ0v) is 17.2. The van der Waals surface area contributed by atoms with E-state index in [1.165, 1.54) is 10.5 Å². The van der Waals surface area contributed by atoms with Gasteiger partial charge in [-0.05, 0) is 36.8 Å². The minimum atomic E-state index is -0.169. The Bertz CT molecular complexity index is 859. The number of halogens is 1. The molecule has 1 aliphatic heterocycles. The number of hydrogen-bond acceptors (Lipinski definition) is 4. The lowest BCUT2D eigenvalue weighted by atomic mass is 10.1. The quantitative estimate of drug-likeness (QED) is 0.791. The highest BCUT2D eigenvalue weighted by Gasteiger charge is 2.24. The average Bonchev–Trinajstić information content (AvgIpc) is 2.69.